The predicted molar refractivity (Wildman–Crippen MR) is 83.5 cm³/mol. The van der Waals surface area contributed by atoms with Crippen molar-refractivity contribution in [3.05, 3.63) is 41.5 Å². The van der Waals surface area contributed by atoms with Gasteiger partial charge in [0.05, 0.1) is 13.2 Å². The number of aliphatic hydroxyl groups is 1. The van der Waals surface area contributed by atoms with Gasteiger partial charge in [-0.3, -0.25) is 0 Å². The van der Waals surface area contributed by atoms with Crippen molar-refractivity contribution >= 4 is 0 Å². The molecule has 1 aromatic rings. The van der Waals surface area contributed by atoms with Crippen LogP contribution in [0.2, 0.25) is 0 Å². The van der Waals surface area contributed by atoms with Gasteiger partial charge in [-0.15, -0.1) is 0 Å². The van der Waals surface area contributed by atoms with Gasteiger partial charge in [-0.05, 0) is 66.7 Å². The molecule has 0 spiro atoms. The summed E-state index contributed by atoms with van der Waals surface area (Å²) in [6.45, 7) is 2.28. The van der Waals surface area contributed by atoms with Crippen LogP contribution in [0, 0.1) is 17.3 Å². The number of fused-ring (bicyclic) bond motifs is 5. The van der Waals surface area contributed by atoms with Crippen molar-refractivity contribution in [3.8, 4) is 5.75 Å². The average Bonchev–Trinajstić information content (AvgIpc) is 2.82. The lowest BCUT2D eigenvalue weighted by atomic mass is 9.55. The number of aryl methyl sites for hydroxylation is 1. The van der Waals surface area contributed by atoms with E-state index >= 15 is 0 Å². The molecule has 5 atom stereocenters. The highest BCUT2D eigenvalue weighted by molar-refractivity contribution is 5.41. The fourth-order valence-corrected chi connectivity index (χ4v) is 5.12. The van der Waals surface area contributed by atoms with Crippen LogP contribution in [0.3, 0.4) is 0 Å². The van der Waals surface area contributed by atoms with E-state index in [0.29, 0.717) is 17.8 Å². The van der Waals surface area contributed by atoms with Gasteiger partial charge in [0.25, 0.3) is 0 Å². The third-order valence-corrected chi connectivity index (χ3v) is 6.41. The van der Waals surface area contributed by atoms with Crippen molar-refractivity contribution < 1.29 is 9.84 Å². The number of hydrogen-bond donors (Lipinski definition) is 1. The van der Waals surface area contributed by atoms with Crippen molar-refractivity contribution in [1.29, 1.82) is 0 Å². The maximum atomic E-state index is 10.3. The zero-order chi connectivity index (χ0) is 14.6. The highest BCUT2D eigenvalue weighted by Crippen LogP contribution is 2.58. The molecule has 112 valence electrons. The molecule has 0 heterocycles. The average molecular weight is 284 g/mol. The number of rotatable bonds is 1. The maximum absolute atomic E-state index is 10.3. The van der Waals surface area contributed by atoms with Crippen LogP contribution in [0.15, 0.2) is 30.4 Å². The monoisotopic (exact) mass is 284 g/mol. The van der Waals surface area contributed by atoms with Crippen LogP contribution in [-0.4, -0.2) is 18.3 Å². The van der Waals surface area contributed by atoms with Gasteiger partial charge < -0.3 is 9.84 Å². The number of hydrogen-bond acceptors (Lipinski definition) is 2. The second-order valence-corrected chi connectivity index (χ2v) is 7.27. The molecular weight excluding hydrogens is 260 g/mol. The Hall–Kier alpha value is -1.28. The van der Waals surface area contributed by atoms with Crippen LogP contribution in [0.5, 0.6) is 5.75 Å². The molecule has 3 aliphatic carbocycles. The lowest BCUT2D eigenvalue weighted by Gasteiger charge is -2.50. The van der Waals surface area contributed by atoms with E-state index in [4.69, 9.17) is 4.74 Å². The summed E-state index contributed by atoms with van der Waals surface area (Å²) in [5.41, 5.74) is 3.08. The number of benzene rings is 1. The second-order valence-electron chi connectivity index (χ2n) is 7.27. The fraction of sp³-hybridized carbons (Fsp3) is 0.579. The summed E-state index contributed by atoms with van der Waals surface area (Å²) in [5.74, 6) is 2.87. The summed E-state index contributed by atoms with van der Waals surface area (Å²) < 4.78 is 5.37. The molecule has 0 radical (unpaired) electrons. The van der Waals surface area contributed by atoms with Gasteiger partial charge >= 0.3 is 0 Å². The summed E-state index contributed by atoms with van der Waals surface area (Å²) >= 11 is 0. The van der Waals surface area contributed by atoms with Gasteiger partial charge in [0.1, 0.15) is 5.75 Å². The van der Waals surface area contributed by atoms with E-state index in [1.807, 2.05) is 6.08 Å². The number of methoxy groups -OCH3 is 1. The third kappa shape index (κ3) is 1.81. The second kappa shape index (κ2) is 4.61. The molecule has 0 aromatic heterocycles. The van der Waals surface area contributed by atoms with E-state index in [1.54, 1.807) is 7.11 Å². The Bertz CT molecular complexity index is 591. The van der Waals surface area contributed by atoms with Crippen molar-refractivity contribution in [3.63, 3.8) is 0 Å². The minimum atomic E-state index is -0.249. The molecule has 0 bridgehead atoms. The molecule has 0 saturated heterocycles. The van der Waals surface area contributed by atoms with E-state index < -0.39 is 0 Å². The van der Waals surface area contributed by atoms with Crippen LogP contribution in [0.1, 0.15) is 43.2 Å². The molecule has 2 nitrogen and oxygen atoms in total. The van der Waals surface area contributed by atoms with E-state index in [1.165, 1.54) is 24.0 Å². The minimum Gasteiger partial charge on any atom is -0.497 e. The summed E-state index contributed by atoms with van der Waals surface area (Å²) in [6, 6.07) is 6.61. The van der Waals surface area contributed by atoms with Gasteiger partial charge in [0.2, 0.25) is 0 Å². The first-order chi connectivity index (χ1) is 10.1. The number of allylic oxidation sites excluding steroid dienone is 1. The Kier molecular flexibility index (Phi) is 2.94. The fourth-order valence-electron chi connectivity index (χ4n) is 5.12. The molecule has 0 unspecified atom stereocenters. The molecule has 1 aromatic carbocycles. The Balaban J connectivity index is 1.70. The zero-order valence-corrected chi connectivity index (χ0v) is 12.9. The van der Waals surface area contributed by atoms with Gasteiger partial charge in [0.15, 0.2) is 0 Å². The van der Waals surface area contributed by atoms with Crippen molar-refractivity contribution in [1.82, 2.24) is 0 Å². The van der Waals surface area contributed by atoms with E-state index in [0.717, 1.165) is 18.6 Å². The molecule has 2 heteroatoms. The van der Waals surface area contributed by atoms with Crippen molar-refractivity contribution in [2.24, 2.45) is 17.3 Å². The molecule has 1 saturated carbocycles. The molecule has 3 aliphatic rings. The molecule has 21 heavy (non-hydrogen) atoms. The van der Waals surface area contributed by atoms with Crippen LogP contribution in [-0.2, 0) is 6.42 Å². The predicted octanol–water partition coefficient (Wildman–Crippen LogP) is 3.69. The SMILES string of the molecule is COc1ccc2c(c1)CC[C@H]1[C@H]3C=C[C@H](O)[C@@]3(C)CC[C@@H]21. The van der Waals surface area contributed by atoms with Gasteiger partial charge in [-0.1, -0.05) is 25.1 Å². The lowest BCUT2D eigenvalue weighted by molar-refractivity contribution is -0.0101. The van der Waals surface area contributed by atoms with Crippen LogP contribution >= 0.6 is 0 Å². The maximum Gasteiger partial charge on any atom is 0.119 e. The normalized spacial score (nSPS) is 40.3. The van der Waals surface area contributed by atoms with Crippen LogP contribution < -0.4 is 4.74 Å². The van der Waals surface area contributed by atoms with Crippen LogP contribution in [0.25, 0.3) is 0 Å². The Labute approximate surface area is 126 Å². The number of aliphatic hydroxyl groups excluding tert-OH is 1. The first-order valence-electron chi connectivity index (χ1n) is 8.16. The number of ether oxygens (including phenoxy) is 1. The standard InChI is InChI=1S/C19H24O2/c1-19-10-9-15-14-6-4-13(21-2)11-12(14)3-5-16(15)17(19)7-8-18(19)20/h4,6-8,11,15-18,20H,3,5,9-10H2,1-2H3/t15-,16+,17+,18-,19-/m0/s1. The highest BCUT2D eigenvalue weighted by atomic mass is 16.5. The summed E-state index contributed by atoms with van der Waals surface area (Å²) in [6.07, 6.45) is 8.80. The summed E-state index contributed by atoms with van der Waals surface area (Å²) in [7, 11) is 1.74. The van der Waals surface area contributed by atoms with Crippen LogP contribution in [0.4, 0.5) is 0 Å². The lowest BCUT2D eigenvalue weighted by Crippen LogP contribution is -2.44. The smallest absolute Gasteiger partial charge is 0.119 e. The molecule has 0 aliphatic heterocycles. The molecular formula is C19H24O2. The topological polar surface area (TPSA) is 29.5 Å². The highest BCUT2D eigenvalue weighted by Gasteiger charge is 2.52. The molecule has 1 N–H and O–H groups in total. The van der Waals surface area contributed by atoms with Gasteiger partial charge in [0, 0.05) is 5.41 Å². The Morgan fingerprint density at radius 3 is 2.90 bits per heavy atom. The largest absolute Gasteiger partial charge is 0.497 e. The first kappa shape index (κ1) is 13.4. The molecule has 4 rings (SSSR count). The zero-order valence-electron chi connectivity index (χ0n) is 12.9. The van der Waals surface area contributed by atoms with E-state index in [9.17, 15) is 5.11 Å². The van der Waals surface area contributed by atoms with Crippen molar-refractivity contribution in [2.45, 2.75) is 44.6 Å². The van der Waals surface area contributed by atoms with Gasteiger partial charge in [-0.25, -0.2) is 0 Å². The first-order valence-corrected chi connectivity index (χ1v) is 8.16. The molecule has 0 amide bonds. The third-order valence-electron chi connectivity index (χ3n) is 6.41. The summed E-state index contributed by atoms with van der Waals surface area (Å²) in [5, 5.41) is 10.3. The molecule has 1 fully saturated rings. The van der Waals surface area contributed by atoms with Crippen molar-refractivity contribution in [2.75, 3.05) is 7.11 Å². The quantitative estimate of drug-likeness (QED) is 0.797. The Morgan fingerprint density at radius 1 is 1.24 bits per heavy atom. The van der Waals surface area contributed by atoms with E-state index in [-0.39, 0.29) is 11.5 Å². The summed E-state index contributed by atoms with van der Waals surface area (Å²) in [4.78, 5) is 0. The Morgan fingerprint density at radius 2 is 2.10 bits per heavy atom. The van der Waals surface area contributed by atoms with Gasteiger partial charge in [-0.2, -0.15) is 0 Å². The minimum absolute atomic E-state index is 0.0745. The van der Waals surface area contributed by atoms with E-state index in [2.05, 4.69) is 31.2 Å².